The molecule has 1 rings (SSSR count). The second-order valence-corrected chi connectivity index (χ2v) is 5.31. The standard InChI is InChI=1S/C9H10Br2O3/c1-9(2,3)14-8(12)6-4-5(10)7(11)13-6/h4H,1-3H3. The van der Waals surface area contributed by atoms with E-state index in [0.29, 0.717) is 9.14 Å². The third kappa shape index (κ3) is 3.13. The number of esters is 1. The molecule has 0 aromatic carbocycles. The summed E-state index contributed by atoms with van der Waals surface area (Å²) in [5, 5.41) is 0. The van der Waals surface area contributed by atoms with E-state index in [1.54, 1.807) is 26.8 Å². The van der Waals surface area contributed by atoms with E-state index in [1.807, 2.05) is 0 Å². The molecule has 3 nitrogen and oxygen atoms in total. The van der Waals surface area contributed by atoms with Crippen LogP contribution in [0.4, 0.5) is 0 Å². The van der Waals surface area contributed by atoms with Crippen molar-refractivity contribution < 1.29 is 13.9 Å². The van der Waals surface area contributed by atoms with Crippen LogP contribution < -0.4 is 0 Å². The van der Waals surface area contributed by atoms with Crippen molar-refractivity contribution in [2.45, 2.75) is 26.4 Å². The number of rotatable bonds is 1. The van der Waals surface area contributed by atoms with Gasteiger partial charge in [0.1, 0.15) is 5.60 Å². The second kappa shape index (κ2) is 4.06. The van der Waals surface area contributed by atoms with Gasteiger partial charge in [0.05, 0.1) is 4.47 Å². The summed E-state index contributed by atoms with van der Waals surface area (Å²) >= 11 is 6.36. The molecule has 1 aromatic rings. The summed E-state index contributed by atoms with van der Waals surface area (Å²) in [5.41, 5.74) is -0.511. The summed E-state index contributed by atoms with van der Waals surface area (Å²) < 4.78 is 11.4. The average molecular weight is 326 g/mol. The Morgan fingerprint density at radius 2 is 2.00 bits per heavy atom. The number of hydrogen-bond acceptors (Lipinski definition) is 3. The Morgan fingerprint density at radius 3 is 2.36 bits per heavy atom. The van der Waals surface area contributed by atoms with Crippen molar-refractivity contribution in [1.29, 1.82) is 0 Å². The maximum absolute atomic E-state index is 11.5. The zero-order valence-electron chi connectivity index (χ0n) is 8.06. The lowest BCUT2D eigenvalue weighted by Crippen LogP contribution is -2.23. The lowest BCUT2D eigenvalue weighted by atomic mass is 10.2. The molecule has 0 amide bonds. The fraction of sp³-hybridized carbons (Fsp3) is 0.444. The Labute approximate surface area is 99.1 Å². The van der Waals surface area contributed by atoms with Crippen LogP contribution in [0.1, 0.15) is 31.3 Å². The minimum atomic E-state index is -0.511. The molecule has 0 fully saturated rings. The smallest absolute Gasteiger partial charge is 0.374 e. The van der Waals surface area contributed by atoms with E-state index in [2.05, 4.69) is 31.9 Å². The third-order valence-electron chi connectivity index (χ3n) is 1.25. The fourth-order valence-corrected chi connectivity index (χ4v) is 1.35. The molecule has 0 unspecified atom stereocenters. The third-order valence-corrected chi connectivity index (χ3v) is 2.96. The van der Waals surface area contributed by atoms with Gasteiger partial charge in [-0.05, 0) is 52.6 Å². The predicted octanol–water partition coefficient (Wildman–Crippen LogP) is 3.76. The second-order valence-electron chi connectivity index (χ2n) is 3.73. The summed E-state index contributed by atoms with van der Waals surface area (Å²) in [6.45, 7) is 5.41. The summed E-state index contributed by atoms with van der Waals surface area (Å²) in [4.78, 5) is 11.5. The molecule has 0 aliphatic carbocycles. The first-order valence-corrected chi connectivity index (χ1v) is 5.56. The van der Waals surface area contributed by atoms with E-state index in [9.17, 15) is 4.79 Å². The molecule has 0 aliphatic heterocycles. The van der Waals surface area contributed by atoms with Gasteiger partial charge in [0.2, 0.25) is 5.76 Å². The maximum Gasteiger partial charge on any atom is 0.374 e. The first-order valence-electron chi connectivity index (χ1n) is 3.98. The van der Waals surface area contributed by atoms with E-state index in [0.717, 1.165) is 0 Å². The molecule has 0 radical (unpaired) electrons. The fourth-order valence-electron chi connectivity index (χ4n) is 0.776. The first-order chi connectivity index (χ1) is 6.29. The minimum absolute atomic E-state index is 0.179. The Bertz CT molecular complexity index is 330. The van der Waals surface area contributed by atoms with Crippen molar-refractivity contribution >= 4 is 37.8 Å². The number of carbonyl (C=O) groups excluding carboxylic acids is 1. The van der Waals surface area contributed by atoms with Crippen molar-refractivity contribution in [3.8, 4) is 0 Å². The predicted molar refractivity (Wildman–Crippen MR) is 59.3 cm³/mol. The van der Waals surface area contributed by atoms with E-state index in [1.165, 1.54) is 0 Å². The van der Waals surface area contributed by atoms with Crippen molar-refractivity contribution in [3.05, 3.63) is 21.0 Å². The monoisotopic (exact) mass is 324 g/mol. The van der Waals surface area contributed by atoms with Gasteiger partial charge in [-0.3, -0.25) is 0 Å². The van der Waals surface area contributed by atoms with Crippen LogP contribution in [0.25, 0.3) is 0 Å². The van der Waals surface area contributed by atoms with Gasteiger partial charge in [0.25, 0.3) is 0 Å². The van der Waals surface area contributed by atoms with Crippen LogP contribution in [0, 0.1) is 0 Å². The topological polar surface area (TPSA) is 39.4 Å². The van der Waals surface area contributed by atoms with Crippen LogP contribution in [0.3, 0.4) is 0 Å². The van der Waals surface area contributed by atoms with Crippen LogP contribution in [-0.4, -0.2) is 11.6 Å². The molecule has 0 saturated heterocycles. The van der Waals surface area contributed by atoms with Gasteiger partial charge in [-0.15, -0.1) is 0 Å². The Hall–Kier alpha value is -0.290. The molecule has 5 heteroatoms. The van der Waals surface area contributed by atoms with Crippen molar-refractivity contribution in [2.24, 2.45) is 0 Å². The molecule has 0 saturated carbocycles. The van der Waals surface area contributed by atoms with Gasteiger partial charge in [0, 0.05) is 6.07 Å². The van der Waals surface area contributed by atoms with E-state index >= 15 is 0 Å². The number of furan rings is 1. The molecule has 0 bridgehead atoms. The van der Waals surface area contributed by atoms with Crippen LogP contribution in [0.2, 0.25) is 0 Å². The largest absolute Gasteiger partial charge is 0.454 e. The van der Waals surface area contributed by atoms with Crippen LogP contribution in [0.5, 0.6) is 0 Å². The van der Waals surface area contributed by atoms with Crippen LogP contribution in [-0.2, 0) is 4.74 Å². The average Bonchev–Trinajstić information content (AvgIpc) is 2.28. The quantitative estimate of drug-likeness (QED) is 0.738. The summed E-state index contributed by atoms with van der Waals surface area (Å²) in [6.07, 6.45) is 0. The highest BCUT2D eigenvalue weighted by Gasteiger charge is 2.21. The lowest BCUT2D eigenvalue weighted by molar-refractivity contribution is 0.00348. The molecule has 0 N–H and O–H groups in total. The van der Waals surface area contributed by atoms with Gasteiger partial charge < -0.3 is 9.15 Å². The Kier molecular flexibility index (Phi) is 3.42. The highest BCUT2D eigenvalue weighted by Crippen LogP contribution is 2.27. The molecule has 0 spiro atoms. The van der Waals surface area contributed by atoms with Gasteiger partial charge in [-0.2, -0.15) is 0 Å². The number of hydrogen-bond donors (Lipinski definition) is 0. The molecular formula is C9H10Br2O3. The summed E-state index contributed by atoms with van der Waals surface area (Å²) in [7, 11) is 0. The Balaban J connectivity index is 2.80. The van der Waals surface area contributed by atoms with E-state index < -0.39 is 11.6 Å². The zero-order valence-corrected chi connectivity index (χ0v) is 11.2. The molecule has 1 aromatic heterocycles. The number of ether oxygens (including phenoxy) is 1. The lowest BCUT2D eigenvalue weighted by Gasteiger charge is -2.18. The number of carbonyl (C=O) groups is 1. The number of halogens is 2. The van der Waals surface area contributed by atoms with Crippen molar-refractivity contribution in [1.82, 2.24) is 0 Å². The van der Waals surface area contributed by atoms with Gasteiger partial charge in [0.15, 0.2) is 4.67 Å². The van der Waals surface area contributed by atoms with E-state index in [4.69, 9.17) is 9.15 Å². The van der Waals surface area contributed by atoms with Crippen LogP contribution >= 0.6 is 31.9 Å². The summed E-state index contributed by atoms with van der Waals surface area (Å²) in [5.74, 6) is -0.289. The molecule has 0 atom stereocenters. The first kappa shape index (κ1) is 11.8. The normalized spacial score (nSPS) is 11.5. The zero-order chi connectivity index (χ0) is 10.9. The van der Waals surface area contributed by atoms with E-state index in [-0.39, 0.29) is 5.76 Å². The van der Waals surface area contributed by atoms with Crippen LogP contribution in [0.15, 0.2) is 19.6 Å². The van der Waals surface area contributed by atoms with Crippen molar-refractivity contribution in [3.63, 3.8) is 0 Å². The highest BCUT2D eigenvalue weighted by molar-refractivity contribution is 9.13. The molecular weight excluding hydrogens is 316 g/mol. The van der Waals surface area contributed by atoms with Gasteiger partial charge in [-0.1, -0.05) is 0 Å². The minimum Gasteiger partial charge on any atom is -0.454 e. The molecule has 14 heavy (non-hydrogen) atoms. The van der Waals surface area contributed by atoms with Gasteiger partial charge in [-0.25, -0.2) is 4.79 Å². The highest BCUT2D eigenvalue weighted by atomic mass is 79.9. The molecule has 78 valence electrons. The molecule has 0 aliphatic rings. The Morgan fingerprint density at radius 1 is 1.43 bits per heavy atom. The molecule has 1 heterocycles. The SMILES string of the molecule is CC(C)(C)OC(=O)c1cc(Br)c(Br)o1. The maximum atomic E-state index is 11.5. The van der Waals surface area contributed by atoms with Gasteiger partial charge >= 0.3 is 5.97 Å². The summed E-state index contributed by atoms with van der Waals surface area (Å²) in [6, 6.07) is 1.57. The van der Waals surface area contributed by atoms with Crippen molar-refractivity contribution in [2.75, 3.05) is 0 Å².